The van der Waals surface area contributed by atoms with Crippen molar-refractivity contribution in [3.8, 4) is 0 Å². The van der Waals surface area contributed by atoms with E-state index in [-0.39, 0.29) is 5.96 Å². The van der Waals surface area contributed by atoms with Crippen molar-refractivity contribution in [3.05, 3.63) is 41.7 Å². The van der Waals surface area contributed by atoms with Crippen molar-refractivity contribution in [1.82, 2.24) is 15.6 Å². The van der Waals surface area contributed by atoms with Gasteiger partial charge < -0.3 is 16.4 Å². The second kappa shape index (κ2) is 8.44. The zero-order chi connectivity index (χ0) is 14.1. The molecule has 0 saturated carbocycles. The van der Waals surface area contributed by atoms with E-state index in [4.69, 9.17) is 29.6 Å². The van der Waals surface area contributed by atoms with E-state index in [0.29, 0.717) is 29.6 Å². The highest BCUT2D eigenvalue weighted by molar-refractivity contribution is 7.80. The summed E-state index contributed by atoms with van der Waals surface area (Å²) in [5.74, 6) is 0.258. The van der Waals surface area contributed by atoms with Crippen LogP contribution in [0.1, 0.15) is 5.69 Å². The molecule has 1 aromatic heterocycles. The highest BCUT2D eigenvalue weighted by Crippen LogP contribution is 2.11. The van der Waals surface area contributed by atoms with E-state index in [1.54, 1.807) is 24.4 Å². The largest absolute Gasteiger partial charge is 0.370 e. The zero-order valence-corrected chi connectivity index (χ0v) is 12.0. The van der Waals surface area contributed by atoms with Crippen LogP contribution >= 0.6 is 23.8 Å². The minimum Gasteiger partial charge on any atom is -0.370 e. The summed E-state index contributed by atoms with van der Waals surface area (Å²) in [5.41, 5.74) is 6.42. The first kappa shape index (κ1) is 15.4. The lowest BCUT2D eigenvalue weighted by molar-refractivity contribution is 0.837. The minimum atomic E-state index is 0.258. The van der Waals surface area contributed by atoms with E-state index in [1.165, 1.54) is 0 Å². The maximum atomic E-state index is 5.99. The van der Waals surface area contributed by atoms with E-state index in [0.717, 1.165) is 5.69 Å². The van der Waals surface area contributed by atoms with Gasteiger partial charge in [-0.2, -0.15) is 0 Å². The van der Waals surface area contributed by atoms with E-state index >= 15 is 0 Å². The van der Waals surface area contributed by atoms with Gasteiger partial charge in [0.15, 0.2) is 11.1 Å². The smallest absolute Gasteiger partial charge is 0.195 e. The Bertz CT molecular complexity index is 475. The molecule has 4 N–H and O–H groups in total. The number of aromatic nitrogens is 1. The average molecular weight is 298 g/mol. The number of rotatable bonds is 5. The standard InChI is InChI=1S/C12H16ClN5S/c1-2-6-16-11(14)18-12(19)17-8-5-10-9(13)4-3-7-15-10/h2-4,7H,1,5-6,8H2,(H4,14,16,17,18,19). The molecule has 1 heterocycles. The molecule has 102 valence electrons. The number of halogens is 1. The van der Waals surface area contributed by atoms with Gasteiger partial charge in [-0.3, -0.25) is 4.98 Å². The molecule has 5 nitrogen and oxygen atoms in total. The quantitative estimate of drug-likeness (QED) is 0.330. The first-order chi connectivity index (χ1) is 9.13. The molecule has 0 aromatic carbocycles. The molecule has 0 amide bonds. The van der Waals surface area contributed by atoms with Crippen LogP contribution in [0.15, 0.2) is 36.0 Å². The predicted octanol–water partition coefficient (Wildman–Crippen LogP) is 1.24. The van der Waals surface area contributed by atoms with Crippen LogP contribution in [0.4, 0.5) is 0 Å². The van der Waals surface area contributed by atoms with Gasteiger partial charge >= 0.3 is 0 Å². The van der Waals surface area contributed by atoms with Gasteiger partial charge in [0.25, 0.3) is 0 Å². The first-order valence-electron chi connectivity index (χ1n) is 5.68. The van der Waals surface area contributed by atoms with Crippen molar-refractivity contribution < 1.29 is 0 Å². The Hall–Kier alpha value is -1.66. The number of hydrogen-bond acceptors (Lipinski definition) is 3. The van der Waals surface area contributed by atoms with Crippen molar-refractivity contribution in [3.63, 3.8) is 0 Å². The predicted molar refractivity (Wildman–Crippen MR) is 83.4 cm³/mol. The Kier molecular flexibility index (Phi) is 6.84. The van der Waals surface area contributed by atoms with Gasteiger partial charge in [-0.1, -0.05) is 17.7 Å². The monoisotopic (exact) mass is 297 g/mol. The average Bonchev–Trinajstić information content (AvgIpc) is 2.38. The molecular weight excluding hydrogens is 282 g/mol. The Labute approximate surface area is 123 Å². The summed E-state index contributed by atoms with van der Waals surface area (Å²) in [4.78, 5) is 8.15. The number of nitrogens with one attached hydrogen (secondary N) is 2. The van der Waals surface area contributed by atoms with Crippen LogP contribution in [0, 0.1) is 0 Å². The molecule has 1 aromatic rings. The summed E-state index contributed by atoms with van der Waals surface area (Å²) in [6.45, 7) is 4.60. The highest BCUT2D eigenvalue weighted by Gasteiger charge is 2.01. The molecular formula is C12H16ClN5S. The summed E-state index contributed by atoms with van der Waals surface area (Å²) in [7, 11) is 0. The second-order valence-corrected chi connectivity index (χ2v) is 4.39. The van der Waals surface area contributed by atoms with Crippen molar-refractivity contribution in [2.24, 2.45) is 10.7 Å². The normalized spacial score (nSPS) is 10.9. The zero-order valence-electron chi connectivity index (χ0n) is 10.4. The number of nitrogens with two attached hydrogens (primary N) is 1. The molecule has 7 heteroatoms. The maximum absolute atomic E-state index is 5.99. The minimum absolute atomic E-state index is 0.258. The van der Waals surface area contributed by atoms with Crippen molar-refractivity contribution in [1.29, 1.82) is 0 Å². The van der Waals surface area contributed by atoms with E-state index in [1.807, 2.05) is 0 Å². The Morgan fingerprint density at radius 2 is 2.42 bits per heavy atom. The molecule has 0 aliphatic heterocycles. The molecule has 19 heavy (non-hydrogen) atoms. The molecule has 0 aliphatic carbocycles. The van der Waals surface area contributed by atoms with Crippen molar-refractivity contribution in [2.45, 2.75) is 6.42 Å². The van der Waals surface area contributed by atoms with Gasteiger partial charge in [-0.05, 0) is 24.4 Å². The number of thiocarbonyl (C=S) groups is 1. The molecule has 0 saturated heterocycles. The topological polar surface area (TPSA) is 75.3 Å². The summed E-state index contributed by atoms with van der Waals surface area (Å²) in [6, 6.07) is 3.60. The summed E-state index contributed by atoms with van der Waals surface area (Å²) in [5, 5.41) is 6.83. The van der Waals surface area contributed by atoms with Crippen molar-refractivity contribution in [2.75, 3.05) is 13.1 Å². The number of aliphatic imine (C=N–C) groups is 1. The third-order valence-corrected chi connectivity index (χ3v) is 2.70. The fourth-order valence-electron chi connectivity index (χ4n) is 1.26. The van der Waals surface area contributed by atoms with E-state index < -0.39 is 0 Å². The van der Waals surface area contributed by atoms with Crippen LogP contribution in [-0.4, -0.2) is 29.1 Å². The number of nitrogens with zero attached hydrogens (tertiary/aromatic N) is 2. The molecule has 1 rings (SSSR count). The van der Waals surface area contributed by atoms with Crippen LogP contribution in [0.25, 0.3) is 0 Å². The van der Waals surface area contributed by atoms with Gasteiger partial charge in [-0.25, -0.2) is 4.99 Å². The Morgan fingerprint density at radius 1 is 1.63 bits per heavy atom. The van der Waals surface area contributed by atoms with Crippen LogP contribution in [0.2, 0.25) is 5.02 Å². The molecule has 0 bridgehead atoms. The Morgan fingerprint density at radius 3 is 3.11 bits per heavy atom. The number of guanidine groups is 1. The summed E-state index contributed by atoms with van der Waals surface area (Å²) in [6.07, 6.45) is 4.02. The van der Waals surface area contributed by atoms with Gasteiger partial charge in [0.05, 0.1) is 17.3 Å². The lowest BCUT2D eigenvalue weighted by Crippen LogP contribution is -2.43. The third-order valence-electron chi connectivity index (χ3n) is 2.11. The molecule has 0 unspecified atom stereocenters. The molecule has 0 spiro atoms. The van der Waals surface area contributed by atoms with Gasteiger partial charge in [0.2, 0.25) is 0 Å². The van der Waals surface area contributed by atoms with Gasteiger partial charge in [0, 0.05) is 19.2 Å². The summed E-state index contributed by atoms with van der Waals surface area (Å²) < 4.78 is 0. The third kappa shape index (κ3) is 6.17. The van der Waals surface area contributed by atoms with E-state index in [9.17, 15) is 0 Å². The molecule has 0 atom stereocenters. The Balaban J connectivity index is 2.31. The molecule has 0 aliphatic rings. The summed E-state index contributed by atoms with van der Waals surface area (Å²) >= 11 is 11.1. The lowest BCUT2D eigenvalue weighted by atomic mass is 10.3. The lowest BCUT2D eigenvalue weighted by Gasteiger charge is -2.09. The fraction of sp³-hybridized carbons (Fsp3) is 0.250. The maximum Gasteiger partial charge on any atom is 0.195 e. The van der Waals surface area contributed by atoms with Crippen LogP contribution in [0.3, 0.4) is 0 Å². The SMILES string of the molecule is C=CCN=C(N)NC(=S)NCCc1ncccc1Cl. The van der Waals surface area contributed by atoms with Crippen LogP contribution in [-0.2, 0) is 6.42 Å². The second-order valence-electron chi connectivity index (χ2n) is 3.58. The van der Waals surface area contributed by atoms with Gasteiger partial charge in [-0.15, -0.1) is 6.58 Å². The van der Waals surface area contributed by atoms with Crippen molar-refractivity contribution >= 4 is 34.9 Å². The van der Waals surface area contributed by atoms with Gasteiger partial charge in [0.1, 0.15) is 0 Å². The first-order valence-corrected chi connectivity index (χ1v) is 6.47. The number of pyridine rings is 1. The highest BCUT2D eigenvalue weighted by atomic mass is 35.5. The van der Waals surface area contributed by atoms with Crippen LogP contribution in [0.5, 0.6) is 0 Å². The molecule has 0 fully saturated rings. The van der Waals surface area contributed by atoms with E-state index in [2.05, 4.69) is 27.2 Å². The molecule has 0 radical (unpaired) electrons. The fourth-order valence-corrected chi connectivity index (χ4v) is 1.68. The van der Waals surface area contributed by atoms with Crippen LogP contribution < -0.4 is 16.4 Å². The number of hydrogen-bond donors (Lipinski definition) is 3.